The number of rotatable bonds is 2. The van der Waals surface area contributed by atoms with Crippen LogP contribution >= 0.6 is 0 Å². The number of nitrogens with one attached hydrogen (secondary N) is 1. The first kappa shape index (κ1) is 9.64. The Morgan fingerprint density at radius 1 is 1.47 bits per heavy atom. The molecule has 0 saturated carbocycles. The van der Waals surface area contributed by atoms with Gasteiger partial charge < -0.3 is 4.98 Å². The molecule has 78 valence electrons. The minimum absolute atomic E-state index is 0.0775. The molecular weight excluding hydrogens is 192 g/mol. The second-order valence-electron chi connectivity index (χ2n) is 3.52. The summed E-state index contributed by atoms with van der Waals surface area (Å²) in [5.41, 5.74) is 1.59. The van der Waals surface area contributed by atoms with Gasteiger partial charge >= 0.3 is 0 Å². The van der Waals surface area contributed by atoms with Crippen LogP contribution in [0.15, 0.2) is 23.4 Å². The highest BCUT2D eigenvalue weighted by atomic mass is 16.1. The van der Waals surface area contributed by atoms with E-state index >= 15 is 0 Å². The molecule has 0 spiro atoms. The number of hydrogen-bond acceptors (Lipinski definition) is 3. The predicted molar refractivity (Wildman–Crippen MR) is 55.6 cm³/mol. The molecule has 2 aromatic rings. The molecule has 0 amide bonds. The van der Waals surface area contributed by atoms with Crippen LogP contribution in [0.1, 0.15) is 17.0 Å². The van der Waals surface area contributed by atoms with E-state index in [2.05, 4.69) is 15.1 Å². The van der Waals surface area contributed by atoms with Gasteiger partial charge in [0.2, 0.25) is 0 Å². The normalized spacial score (nSPS) is 10.5. The van der Waals surface area contributed by atoms with E-state index in [1.54, 1.807) is 24.0 Å². The van der Waals surface area contributed by atoms with Gasteiger partial charge in [-0.25, -0.2) is 4.98 Å². The van der Waals surface area contributed by atoms with Crippen molar-refractivity contribution in [3.05, 3.63) is 45.9 Å². The third-order valence-corrected chi connectivity index (χ3v) is 2.15. The highest BCUT2D eigenvalue weighted by Gasteiger charge is 2.03. The van der Waals surface area contributed by atoms with Crippen molar-refractivity contribution in [2.75, 3.05) is 0 Å². The number of aromatic amines is 1. The molecule has 5 heteroatoms. The number of nitrogens with zero attached hydrogens (tertiary/aromatic N) is 3. The van der Waals surface area contributed by atoms with Gasteiger partial charge in [0.05, 0.1) is 6.20 Å². The quantitative estimate of drug-likeness (QED) is 0.770. The summed E-state index contributed by atoms with van der Waals surface area (Å²) >= 11 is 0. The zero-order chi connectivity index (χ0) is 10.8. The first-order chi connectivity index (χ1) is 7.15. The van der Waals surface area contributed by atoms with E-state index in [0.29, 0.717) is 17.8 Å². The molecule has 0 bridgehead atoms. The summed E-state index contributed by atoms with van der Waals surface area (Å²) in [5, 5.41) is 4.04. The number of H-pyrrole nitrogens is 1. The number of aromatic nitrogens is 4. The highest BCUT2D eigenvalue weighted by molar-refractivity contribution is 5.17. The Bertz CT molecular complexity index is 526. The van der Waals surface area contributed by atoms with E-state index in [0.717, 1.165) is 5.56 Å². The third-order valence-electron chi connectivity index (χ3n) is 2.15. The van der Waals surface area contributed by atoms with Gasteiger partial charge in [0.15, 0.2) is 0 Å². The van der Waals surface area contributed by atoms with Crippen LogP contribution < -0.4 is 5.56 Å². The average molecular weight is 204 g/mol. The molecule has 0 saturated heterocycles. The van der Waals surface area contributed by atoms with E-state index in [-0.39, 0.29) is 5.56 Å². The van der Waals surface area contributed by atoms with Crippen LogP contribution in [0.4, 0.5) is 0 Å². The van der Waals surface area contributed by atoms with Crippen molar-refractivity contribution in [3.63, 3.8) is 0 Å². The van der Waals surface area contributed by atoms with Crippen LogP contribution in [0, 0.1) is 6.92 Å². The summed E-state index contributed by atoms with van der Waals surface area (Å²) in [6.07, 6.45) is 5.82. The van der Waals surface area contributed by atoms with E-state index in [1.807, 2.05) is 13.2 Å². The summed E-state index contributed by atoms with van der Waals surface area (Å²) in [5.74, 6) is 0.634. The van der Waals surface area contributed by atoms with Gasteiger partial charge in [-0.05, 0) is 12.5 Å². The summed E-state index contributed by atoms with van der Waals surface area (Å²) in [6, 6.07) is 0. The maximum Gasteiger partial charge on any atom is 0.254 e. The van der Waals surface area contributed by atoms with Crippen molar-refractivity contribution in [1.29, 1.82) is 0 Å². The standard InChI is InChI=1S/C10H12N4O/c1-7-11-5-9(10(15)13-7)3-8-4-12-14(2)6-8/h4-6H,3H2,1-2H3,(H,11,13,15). The van der Waals surface area contributed by atoms with E-state index in [1.165, 1.54) is 0 Å². The molecule has 0 radical (unpaired) electrons. The molecule has 5 nitrogen and oxygen atoms in total. The van der Waals surface area contributed by atoms with Gasteiger partial charge in [-0.3, -0.25) is 9.48 Å². The maximum atomic E-state index is 11.5. The van der Waals surface area contributed by atoms with Crippen LogP contribution in [0.25, 0.3) is 0 Å². The van der Waals surface area contributed by atoms with Crippen molar-refractivity contribution in [2.45, 2.75) is 13.3 Å². The highest BCUT2D eigenvalue weighted by Crippen LogP contribution is 2.02. The van der Waals surface area contributed by atoms with Crippen molar-refractivity contribution >= 4 is 0 Å². The molecule has 0 aliphatic rings. The summed E-state index contributed by atoms with van der Waals surface area (Å²) < 4.78 is 1.71. The topological polar surface area (TPSA) is 63.6 Å². The smallest absolute Gasteiger partial charge is 0.254 e. The van der Waals surface area contributed by atoms with Gasteiger partial charge in [-0.15, -0.1) is 0 Å². The predicted octanol–water partition coefficient (Wildman–Crippen LogP) is 0.403. The Labute approximate surface area is 86.8 Å². The fourth-order valence-corrected chi connectivity index (χ4v) is 1.42. The van der Waals surface area contributed by atoms with E-state index in [9.17, 15) is 4.79 Å². The molecule has 2 heterocycles. The molecule has 15 heavy (non-hydrogen) atoms. The lowest BCUT2D eigenvalue weighted by molar-refractivity contribution is 0.767. The van der Waals surface area contributed by atoms with Crippen molar-refractivity contribution in [1.82, 2.24) is 19.7 Å². The lowest BCUT2D eigenvalue weighted by Gasteiger charge is -1.97. The minimum atomic E-state index is -0.0775. The number of aryl methyl sites for hydroxylation is 2. The second kappa shape index (κ2) is 3.68. The Morgan fingerprint density at radius 3 is 2.87 bits per heavy atom. The lowest BCUT2D eigenvalue weighted by Crippen LogP contribution is -2.14. The van der Waals surface area contributed by atoms with Gasteiger partial charge in [-0.2, -0.15) is 5.10 Å². The first-order valence-electron chi connectivity index (χ1n) is 4.67. The molecule has 0 aliphatic heterocycles. The lowest BCUT2D eigenvalue weighted by atomic mass is 10.1. The largest absolute Gasteiger partial charge is 0.311 e. The molecule has 0 atom stereocenters. The van der Waals surface area contributed by atoms with Gasteiger partial charge in [0, 0.05) is 31.4 Å². The van der Waals surface area contributed by atoms with Gasteiger partial charge in [0.25, 0.3) is 5.56 Å². The molecule has 0 aromatic carbocycles. The fraction of sp³-hybridized carbons (Fsp3) is 0.300. The zero-order valence-electron chi connectivity index (χ0n) is 8.69. The Kier molecular flexibility index (Phi) is 2.37. The summed E-state index contributed by atoms with van der Waals surface area (Å²) in [7, 11) is 1.85. The minimum Gasteiger partial charge on any atom is -0.311 e. The van der Waals surface area contributed by atoms with Crippen LogP contribution in [0.3, 0.4) is 0 Å². The average Bonchev–Trinajstić information content (AvgIpc) is 2.56. The van der Waals surface area contributed by atoms with Crippen molar-refractivity contribution in [3.8, 4) is 0 Å². The van der Waals surface area contributed by atoms with Crippen LogP contribution in [0.2, 0.25) is 0 Å². The summed E-state index contributed by atoms with van der Waals surface area (Å²) in [6.45, 7) is 1.76. The number of hydrogen-bond donors (Lipinski definition) is 1. The molecule has 1 N–H and O–H groups in total. The Balaban J connectivity index is 2.28. The third kappa shape index (κ3) is 2.12. The summed E-state index contributed by atoms with van der Waals surface area (Å²) in [4.78, 5) is 18.3. The Morgan fingerprint density at radius 2 is 2.27 bits per heavy atom. The zero-order valence-corrected chi connectivity index (χ0v) is 8.69. The van der Waals surface area contributed by atoms with Gasteiger partial charge in [-0.1, -0.05) is 0 Å². The van der Waals surface area contributed by atoms with Crippen LogP contribution in [-0.2, 0) is 13.5 Å². The van der Waals surface area contributed by atoms with Crippen molar-refractivity contribution in [2.24, 2.45) is 7.05 Å². The van der Waals surface area contributed by atoms with E-state index < -0.39 is 0 Å². The second-order valence-corrected chi connectivity index (χ2v) is 3.52. The molecule has 2 aromatic heterocycles. The van der Waals surface area contributed by atoms with Crippen LogP contribution in [0.5, 0.6) is 0 Å². The monoisotopic (exact) mass is 204 g/mol. The first-order valence-corrected chi connectivity index (χ1v) is 4.67. The molecular formula is C10H12N4O. The van der Waals surface area contributed by atoms with Crippen LogP contribution in [-0.4, -0.2) is 19.7 Å². The van der Waals surface area contributed by atoms with Gasteiger partial charge in [0.1, 0.15) is 5.82 Å². The SMILES string of the molecule is Cc1ncc(Cc2cnn(C)c2)c(=O)[nH]1. The molecule has 0 unspecified atom stereocenters. The van der Waals surface area contributed by atoms with Crippen molar-refractivity contribution < 1.29 is 0 Å². The maximum absolute atomic E-state index is 11.5. The molecule has 0 aliphatic carbocycles. The molecule has 0 fully saturated rings. The Hall–Kier alpha value is -1.91. The van der Waals surface area contributed by atoms with E-state index in [4.69, 9.17) is 0 Å². The fourth-order valence-electron chi connectivity index (χ4n) is 1.42. The molecule has 2 rings (SSSR count).